The predicted octanol–water partition coefficient (Wildman–Crippen LogP) is 3.13. The van der Waals surface area contributed by atoms with E-state index in [-0.39, 0.29) is 16.5 Å². The minimum atomic E-state index is -4.47. The smallest absolute Gasteiger partial charge is 0.360 e. The molecule has 0 unspecified atom stereocenters. The number of hydrogen-bond donors (Lipinski definition) is 1. The Kier molecular flexibility index (Phi) is 2.90. The molecule has 0 atom stereocenters. The van der Waals surface area contributed by atoms with Crippen molar-refractivity contribution in [2.24, 2.45) is 0 Å². The number of fused-ring (bicyclic) bond motifs is 1. The molecule has 2 rings (SSSR count). The Morgan fingerprint density at radius 3 is 2.44 bits per heavy atom. The number of carbonyl (C=O) groups is 2. The van der Waals surface area contributed by atoms with Gasteiger partial charge in [-0.3, -0.25) is 9.59 Å². The van der Waals surface area contributed by atoms with Crippen LogP contribution in [0.5, 0.6) is 0 Å². The molecule has 1 N–H and O–H groups in total. The van der Waals surface area contributed by atoms with Crippen LogP contribution < -0.4 is 0 Å². The topological polar surface area (TPSA) is 49.9 Å². The molecule has 1 aromatic heterocycles. The summed E-state index contributed by atoms with van der Waals surface area (Å²) in [6.45, 7) is 0. The Morgan fingerprint density at radius 2 is 1.89 bits per heavy atom. The fourth-order valence-corrected chi connectivity index (χ4v) is 1.70. The maximum absolute atomic E-state index is 12.5. The molecule has 0 spiro atoms. The van der Waals surface area contributed by atoms with Crippen LogP contribution in [0.1, 0.15) is 15.9 Å². The lowest BCUT2D eigenvalue weighted by Gasteiger charge is -2.06. The third-order valence-electron chi connectivity index (χ3n) is 2.43. The average molecular weight is 276 g/mol. The zero-order chi connectivity index (χ0) is 13.5. The Morgan fingerprint density at radius 1 is 1.22 bits per heavy atom. The van der Waals surface area contributed by atoms with E-state index in [1.807, 2.05) is 0 Å². The lowest BCUT2D eigenvalue weighted by Crippen LogP contribution is -2.07. The van der Waals surface area contributed by atoms with Gasteiger partial charge in [0.1, 0.15) is 0 Å². The van der Waals surface area contributed by atoms with Crippen LogP contribution in [0.25, 0.3) is 10.9 Å². The molecular formula is C11H5ClF3NO2. The summed E-state index contributed by atoms with van der Waals surface area (Å²) < 4.78 is 37.4. The lowest BCUT2D eigenvalue weighted by atomic mass is 10.1. The van der Waals surface area contributed by atoms with E-state index in [0.717, 1.165) is 24.4 Å². The number of aromatic nitrogens is 1. The maximum atomic E-state index is 12.5. The second kappa shape index (κ2) is 4.13. The second-order valence-electron chi connectivity index (χ2n) is 3.56. The zero-order valence-electron chi connectivity index (χ0n) is 8.64. The molecule has 0 aliphatic carbocycles. The molecule has 0 radical (unpaired) electrons. The first-order valence-corrected chi connectivity index (χ1v) is 5.11. The van der Waals surface area contributed by atoms with Gasteiger partial charge in [-0.2, -0.15) is 13.2 Å². The third kappa shape index (κ3) is 2.11. The van der Waals surface area contributed by atoms with Crippen molar-refractivity contribution >= 4 is 33.5 Å². The highest BCUT2D eigenvalue weighted by atomic mass is 35.5. The van der Waals surface area contributed by atoms with E-state index in [1.54, 1.807) is 0 Å². The standard InChI is InChI=1S/C11H5ClF3NO2/c12-10(18)9(17)7-4-16-8-3-5(11(13,14)15)1-2-6(7)8/h1-4,16H. The van der Waals surface area contributed by atoms with Gasteiger partial charge in [-0.25, -0.2) is 0 Å². The average Bonchev–Trinajstić information content (AvgIpc) is 2.69. The largest absolute Gasteiger partial charge is 0.416 e. The number of aromatic amines is 1. The fourth-order valence-electron chi connectivity index (χ4n) is 1.60. The maximum Gasteiger partial charge on any atom is 0.416 e. The van der Waals surface area contributed by atoms with E-state index >= 15 is 0 Å². The van der Waals surface area contributed by atoms with Crippen molar-refractivity contribution in [1.82, 2.24) is 4.98 Å². The van der Waals surface area contributed by atoms with Crippen LogP contribution in [0.15, 0.2) is 24.4 Å². The van der Waals surface area contributed by atoms with E-state index in [0.29, 0.717) is 0 Å². The number of H-pyrrole nitrogens is 1. The number of benzene rings is 1. The summed E-state index contributed by atoms with van der Waals surface area (Å²) in [6.07, 6.45) is -3.31. The molecule has 0 fully saturated rings. The fraction of sp³-hybridized carbons (Fsp3) is 0.0909. The van der Waals surface area contributed by atoms with E-state index in [2.05, 4.69) is 4.98 Å². The van der Waals surface area contributed by atoms with Gasteiger partial charge in [0.25, 0.3) is 5.24 Å². The van der Waals surface area contributed by atoms with Crippen molar-refractivity contribution in [2.45, 2.75) is 6.18 Å². The Bertz CT molecular complexity index is 645. The molecule has 0 saturated heterocycles. The second-order valence-corrected chi connectivity index (χ2v) is 3.91. The summed E-state index contributed by atoms with van der Waals surface area (Å²) >= 11 is 5.04. The number of carbonyl (C=O) groups excluding carboxylic acids is 2. The van der Waals surface area contributed by atoms with Crippen molar-refractivity contribution in [3.05, 3.63) is 35.5 Å². The normalized spacial score (nSPS) is 11.8. The minimum Gasteiger partial charge on any atom is -0.360 e. The van der Waals surface area contributed by atoms with E-state index in [4.69, 9.17) is 11.6 Å². The van der Waals surface area contributed by atoms with Crippen molar-refractivity contribution in [3.8, 4) is 0 Å². The van der Waals surface area contributed by atoms with Crippen LogP contribution in [0.2, 0.25) is 0 Å². The Balaban J connectivity index is 2.57. The summed E-state index contributed by atoms with van der Waals surface area (Å²) in [5.41, 5.74) is -0.766. The zero-order valence-corrected chi connectivity index (χ0v) is 9.39. The van der Waals surface area contributed by atoms with Crippen LogP contribution in [-0.4, -0.2) is 16.0 Å². The summed E-state index contributed by atoms with van der Waals surface area (Å²) in [5, 5.41) is -0.960. The van der Waals surface area contributed by atoms with Gasteiger partial charge >= 0.3 is 6.18 Å². The van der Waals surface area contributed by atoms with Gasteiger partial charge in [-0.15, -0.1) is 0 Å². The number of halogens is 4. The molecule has 1 aromatic carbocycles. The van der Waals surface area contributed by atoms with Crippen LogP contribution in [0.3, 0.4) is 0 Å². The Hall–Kier alpha value is -1.82. The summed E-state index contributed by atoms with van der Waals surface area (Å²) in [5.74, 6) is -0.956. The number of alkyl halides is 3. The SMILES string of the molecule is O=C(Cl)C(=O)c1c[nH]c2cc(C(F)(F)F)ccc12. The van der Waals surface area contributed by atoms with Crippen molar-refractivity contribution in [1.29, 1.82) is 0 Å². The molecular weight excluding hydrogens is 271 g/mol. The highest BCUT2D eigenvalue weighted by molar-refractivity contribution is 6.83. The number of ketones is 1. The molecule has 18 heavy (non-hydrogen) atoms. The van der Waals surface area contributed by atoms with Crippen molar-refractivity contribution < 1.29 is 22.8 Å². The van der Waals surface area contributed by atoms with Crippen LogP contribution >= 0.6 is 11.6 Å². The summed E-state index contributed by atoms with van der Waals surface area (Å²) in [7, 11) is 0. The highest BCUT2D eigenvalue weighted by Crippen LogP contribution is 2.32. The molecule has 7 heteroatoms. The third-order valence-corrected chi connectivity index (χ3v) is 2.60. The molecule has 0 saturated carbocycles. The molecule has 3 nitrogen and oxygen atoms in total. The molecule has 0 amide bonds. The monoisotopic (exact) mass is 275 g/mol. The summed E-state index contributed by atoms with van der Waals surface area (Å²) in [6, 6.07) is 2.83. The molecule has 1 heterocycles. The first-order chi connectivity index (χ1) is 8.30. The number of rotatable bonds is 2. The number of Topliss-reactive ketones (excluding diaryl/α,β-unsaturated/α-hetero) is 1. The van der Waals surface area contributed by atoms with Crippen molar-refractivity contribution in [3.63, 3.8) is 0 Å². The molecule has 0 aliphatic rings. The van der Waals surface area contributed by atoms with Gasteiger partial charge in [-0.1, -0.05) is 6.07 Å². The lowest BCUT2D eigenvalue weighted by molar-refractivity contribution is -0.137. The quantitative estimate of drug-likeness (QED) is 0.520. The first-order valence-electron chi connectivity index (χ1n) is 4.73. The van der Waals surface area contributed by atoms with Crippen LogP contribution in [0.4, 0.5) is 13.2 Å². The molecule has 0 bridgehead atoms. The van der Waals surface area contributed by atoms with Gasteiger partial charge in [0, 0.05) is 17.1 Å². The molecule has 94 valence electrons. The predicted molar refractivity (Wildman–Crippen MR) is 58.5 cm³/mol. The van der Waals surface area contributed by atoms with Crippen molar-refractivity contribution in [2.75, 3.05) is 0 Å². The van der Waals surface area contributed by atoms with Crippen LogP contribution in [0, 0.1) is 0 Å². The number of nitrogens with one attached hydrogen (secondary N) is 1. The van der Waals surface area contributed by atoms with Gasteiger partial charge in [0.05, 0.1) is 11.1 Å². The Labute approximate surface area is 104 Å². The van der Waals surface area contributed by atoms with Gasteiger partial charge in [0.15, 0.2) is 0 Å². The van der Waals surface area contributed by atoms with E-state index in [9.17, 15) is 22.8 Å². The summed E-state index contributed by atoms with van der Waals surface area (Å²) in [4.78, 5) is 24.6. The van der Waals surface area contributed by atoms with Gasteiger partial charge in [0.2, 0.25) is 5.78 Å². The first kappa shape index (κ1) is 12.6. The molecule has 0 aliphatic heterocycles. The van der Waals surface area contributed by atoms with E-state index in [1.165, 1.54) is 0 Å². The number of hydrogen-bond acceptors (Lipinski definition) is 2. The molecule has 2 aromatic rings. The van der Waals surface area contributed by atoms with E-state index < -0.39 is 22.8 Å². The van der Waals surface area contributed by atoms with Gasteiger partial charge < -0.3 is 4.98 Å². The minimum absolute atomic E-state index is 0.0428. The van der Waals surface area contributed by atoms with Crippen LogP contribution in [-0.2, 0) is 11.0 Å². The van der Waals surface area contributed by atoms with Gasteiger partial charge in [-0.05, 0) is 23.7 Å². The highest BCUT2D eigenvalue weighted by Gasteiger charge is 2.31.